The molecule has 0 saturated carbocycles. The van der Waals surface area contributed by atoms with Crippen LogP contribution < -0.4 is 20.1 Å². The number of aliphatic hydroxyl groups excluding tert-OH is 1. The lowest BCUT2D eigenvalue weighted by atomic mass is 10.0. The predicted octanol–water partition coefficient (Wildman–Crippen LogP) is 3.28. The van der Waals surface area contributed by atoms with E-state index in [-0.39, 0.29) is 18.3 Å². The molecule has 3 aromatic rings. The highest BCUT2D eigenvalue weighted by atomic mass is 32.2. The standard InChI is InChI=1S/C28H38N4O6S/c1-4-6-14-37-23-12-10-21(11-13-23)16-24(26(33)18-29-17-22-9-7-8-20(5-2)15-22)30-27(34)25-19-38-28(31-25)32-39(3,35)36/h7-13,15,19,24,26,29,33H,4-6,14,16-18H2,1-3H3,(H,30,34)(H,31,32). The summed E-state index contributed by atoms with van der Waals surface area (Å²) in [6, 6.07) is 14.8. The molecule has 2 unspecified atom stereocenters. The van der Waals surface area contributed by atoms with Crippen LogP contribution in [0.4, 0.5) is 6.01 Å². The molecule has 0 spiro atoms. The molecule has 0 radical (unpaired) electrons. The maximum atomic E-state index is 12.9. The summed E-state index contributed by atoms with van der Waals surface area (Å²) in [5.74, 6) is 0.164. The summed E-state index contributed by atoms with van der Waals surface area (Å²) in [5, 5.41) is 17.2. The highest BCUT2D eigenvalue weighted by Gasteiger charge is 2.24. The number of aryl methyl sites for hydroxylation is 1. The van der Waals surface area contributed by atoms with Crippen molar-refractivity contribution >= 4 is 21.9 Å². The molecular formula is C28H38N4O6S. The molecule has 10 nitrogen and oxygen atoms in total. The van der Waals surface area contributed by atoms with Gasteiger partial charge in [-0.15, -0.1) is 0 Å². The molecule has 1 aromatic heterocycles. The van der Waals surface area contributed by atoms with E-state index >= 15 is 0 Å². The number of carbonyl (C=O) groups is 1. The van der Waals surface area contributed by atoms with Crippen LogP contribution >= 0.6 is 0 Å². The van der Waals surface area contributed by atoms with Gasteiger partial charge in [0, 0.05) is 13.1 Å². The Morgan fingerprint density at radius 1 is 1.10 bits per heavy atom. The van der Waals surface area contributed by atoms with E-state index in [1.807, 2.05) is 36.4 Å². The van der Waals surface area contributed by atoms with Crippen LogP contribution in [-0.4, -0.2) is 56.0 Å². The third-order valence-corrected chi connectivity index (χ3v) is 6.56. The molecule has 0 aliphatic heterocycles. The molecule has 212 valence electrons. The third kappa shape index (κ3) is 10.3. The Labute approximate surface area is 230 Å². The molecule has 3 rings (SSSR count). The first-order valence-electron chi connectivity index (χ1n) is 13.1. The Bertz CT molecular complexity index is 1290. The van der Waals surface area contributed by atoms with Crippen molar-refractivity contribution in [3.8, 4) is 5.75 Å². The van der Waals surface area contributed by atoms with Crippen molar-refractivity contribution in [2.75, 3.05) is 24.1 Å². The minimum atomic E-state index is -3.61. The van der Waals surface area contributed by atoms with E-state index in [0.717, 1.165) is 48.7 Å². The van der Waals surface area contributed by atoms with Crippen molar-refractivity contribution in [3.05, 3.63) is 77.2 Å². The molecule has 0 aliphatic carbocycles. The van der Waals surface area contributed by atoms with Gasteiger partial charge in [0.05, 0.1) is 25.0 Å². The molecule has 0 bridgehead atoms. The SMILES string of the molecule is CCCCOc1ccc(CC(NC(=O)c2coc(NS(C)(=O)=O)n2)C(O)CNCc2cccc(CC)c2)cc1. The number of anilines is 1. The Kier molecular flexibility index (Phi) is 11.3. The highest BCUT2D eigenvalue weighted by Crippen LogP contribution is 2.16. The summed E-state index contributed by atoms with van der Waals surface area (Å²) in [5.41, 5.74) is 3.13. The molecule has 2 aromatic carbocycles. The van der Waals surface area contributed by atoms with E-state index in [1.54, 1.807) is 0 Å². The Hall–Kier alpha value is -3.41. The van der Waals surface area contributed by atoms with Gasteiger partial charge < -0.3 is 24.9 Å². The number of aromatic nitrogens is 1. The van der Waals surface area contributed by atoms with E-state index in [1.165, 1.54) is 5.56 Å². The van der Waals surface area contributed by atoms with Crippen molar-refractivity contribution in [2.45, 2.75) is 58.2 Å². The van der Waals surface area contributed by atoms with Gasteiger partial charge in [-0.2, -0.15) is 4.98 Å². The number of hydrogen-bond acceptors (Lipinski definition) is 8. The van der Waals surface area contributed by atoms with Crippen molar-refractivity contribution in [1.82, 2.24) is 15.6 Å². The van der Waals surface area contributed by atoms with Gasteiger partial charge >= 0.3 is 6.01 Å². The van der Waals surface area contributed by atoms with Crippen molar-refractivity contribution in [2.24, 2.45) is 0 Å². The van der Waals surface area contributed by atoms with Gasteiger partial charge in [0.15, 0.2) is 5.69 Å². The number of rotatable bonds is 16. The first kappa shape index (κ1) is 30.1. The molecule has 2 atom stereocenters. The number of amides is 1. The van der Waals surface area contributed by atoms with E-state index in [4.69, 9.17) is 9.15 Å². The van der Waals surface area contributed by atoms with Gasteiger partial charge in [-0.05, 0) is 48.1 Å². The number of nitrogens with zero attached hydrogens (tertiary/aromatic N) is 1. The summed E-state index contributed by atoms with van der Waals surface area (Å²) in [7, 11) is -3.61. The van der Waals surface area contributed by atoms with Gasteiger partial charge in [-0.3, -0.25) is 4.79 Å². The quantitative estimate of drug-likeness (QED) is 0.196. The third-order valence-electron chi connectivity index (χ3n) is 6.02. The van der Waals surface area contributed by atoms with Crippen LogP contribution in [0.3, 0.4) is 0 Å². The minimum Gasteiger partial charge on any atom is -0.494 e. The number of ether oxygens (including phenoxy) is 1. The first-order valence-corrected chi connectivity index (χ1v) is 15.0. The number of unbranched alkanes of at least 4 members (excludes halogenated alkanes) is 1. The summed E-state index contributed by atoms with van der Waals surface area (Å²) in [6.45, 7) is 5.65. The van der Waals surface area contributed by atoms with E-state index in [9.17, 15) is 18.3 Å². The molecule has 11 heteroatoms. The van der Waals surface area contributed by atoms with Crippen molar-refractivity contribution in [1.29, 1.82) is 0 Å². The number of aliphatic hydroxyl groups is 1. The predicted molar refractivity (Wildman–Crippen MR) is 150 cm³/mol. The fraction of sp³-hybridized carbons (Fsp3) is 0.429. The lowest BCUT2D eigenvalue weighted by Crippen LogP contribution is -2.48. The van der Waals surface area contributed by atoms with E-state index in [2.05, 4.69) is 46.3 Å². The van der Waals surface area contributed by atoms with Gasteiger partial charge in [0.2, 0.25) is 10.0 Å². The zero-order valence-electron chi connectivity index (χ0n) is 22.6. The maximum Gasteiger partial charge on any atom is 0.309 e. The summed E-state index contributed by atoms with van der Waals surface area (Å²) in [6.07, 6.45) is 4.40. The summed E-state index contributed by atoms with van der Waals surface area (Å²) >= 11 is 0. The topological polar surface area (TPSA) is 143 Å². The second-order valence-corrected chi connectivity index (χ2v) is 11.2. The van der Waals surface area contributed by atoms with Crippen LogP contribution in [0.5, 0.6) is 5.75 Å². The zero-order chi connectivity index (χ0) is 28.3. The smallest absolute Gasteiger partial charge is 0.309 e. The fourth-order valence-electron chi connectivity index (χ4n) is 3.89. The molecular weight excluding hydrogens is 520 g/mol. The lowest BCUT2D eigenvalue weighted by Gasteiger charge is -2.24. The maximum absolute atomic E-state index is 12.9. The number of hydrogen-bond donors (Lipinski definition) is 4. The van der Waals surface area contributed by atoms with Crippen LogP contribution in [-0.2, 0) is 29.4 Å². The van der Waals surface area contributed by atoms with Gasteiger partial charge in [-0.25, -0.2) is 13.1 Å². The van der Waals surface area contributed by atoms with Crippen LogP contribution in [0.15, 0.2) is 59.2 Å². The summed E-state index contributed by atoms with van der Waals surface area (Å²) in [4.78, 5) is 16.8. The highest BCUT2D eigenvalue weighted by molar-refractivity contribution is 7.91. The largest absolute Gasteiger partial charge is 0.494 e. The molecule has 0 saturated heterocycles. The second kappa shape index (κ2) is 14.7. The monoisotopic (exact) mass is 558 g/mol. The van der Waals surface area contributed by atoms with Crippen LogP contribution in [0.1, 0.15) is 53.9 Å². The Balaban J connectivity index is 1.68. The molecule has 1 amide bonds. The fourth-order valence-corrected chi connectivity index (χ4v) is 4.30. The average molecular weight is 559 g/mol. The van der Waals surface area contributed by atoms with E-state index in [0.29, 0.717) is 19.6 Å². The molecule has 0 fully saturated rings. The number of carbonyl (C=O) groups excluding carboxylic acids is 1. The summed E-state index contributed by atoms with van der Waals surface area (Å²) < 4.78 is 35.7. The van der Waals surface area contributed by atoms with Gasteiger partial charge in [-0.1, -0.05) is 56.7 Å². The zero-order valence-corrected chi connectivity index (χ0v) is 23.5. The molecule has 1 heterocycles. The number of sulfonamides is 1. The van der Waals surface area contributed by atoms with Crippen molar-refractivity contribution < 1.29 is 27.5 Å². The van der Waals surface area contributed by atoms with Crippen LogP contribution in [0.25, 0.3) is 0 Å². The minimum absolute atomic E-state index is 0.109. The average Bonchev–Trinajstić information content (AvgIpc) is 3.36. The van der Waals surface area contributed by atoms with E-state index < -0.39 is 28.1 Å². The van der Waals surface area contributed by atoms with Gasteiger partial charge in [0.1, 0.15) is 12.0 Å². The second-order valence-electron chi connectivity index (χ2n) is 9.41. The molecule has 39 heavy (non-hydrogen) atoms. The van der Waals surface area contributed by atoms with Crippen LogP contribution in [0, 0.1) is 0 Å². The van der Waals surface area contributed by atoms with Crippen LogP contribution in [0.2, 0.25) is 0 Å². The molecule has 0 aliphatic rings. The number of oxazole rings is 1. The lowest BCUT2D eigenvalue weighted by molar-refractivity contribution is 0.0825. The molecule has 4 N–H and O–H groups in total. The van der Waals surface area contributed by atoms with Crippen molar-refractivity contribution in [3.63, 3.8) is 0 Å². The normalized spacial score (nSPS) is 13.0. The first-order chi connectivity index (χ1) is 18.7. The number of benzene rings is 2. The van der Waals surface area contributed by atoms with Gasteiger partial charge in [0.25, 0.3) is 5.91 Å². The number of nitrogens with one attached hydrogen (secondary N) is 3. The Morgan fingerprint density at radius 2 is 1.85 bits per heavy atom. The Morgan fingerprint density at radius 3 is 2.54 bits per heavy atom.